The fourth-order valence-electron chi connectivity index (χ4n) is 0.888. The van der Waals surface area contributed by atoms with Gasteiger partial charge in [-0.05, 0) is 25.3 Å². The first-order valence-corrected chi connectivity index (χ1v) is 3.56. The van der Waals surface area contributed by atoms with Crippen molar-refractivity contribution in [3.63, 3.8) is 0 Å². The maximum absolute atomic E-state index is 5.01. The molecule has 0 fully saturated rings. The van der Waals surface area contributed by atoms with Gasteiger partial charge in [-0.1, -0.05) is 30.4 Å². The standard InChI is InChI=1S/C8H10S/c1-7(9)8-5-3-2-4-6-8/h2-3,6H,4-5H2,1H3. The van der Waals surface area contributed by atoms with Crippen molar-refractivity contribution >= 4 is 17.1 Å². The van der Waals surface area contributed by atoms with Gasteiger partial charge in [0, 0.05) is 4.86 Å². The largest absolute Gasteiger partial charge is 0.0849 e. The molecule has 0 aromatic rings. The molecule has 0 spiro atoms. The molecule has 1 aliphatic rings. The molecule has 0 nitrogen and oxygen atoms in total. The van der Waals surface area contributed by atoms with Crippen LogP contribution in [0.25, 0.3) is 0 Å². The lowest BCUT2D eigenvalue weighted by Gasteiger charge is -2.04. The average molecular weight is 138 g/mol. The molecule has 0 heterocycles. The van der Waals surface area contributed by atoms with E-state index in [9.17, 15) is 0 Å². The molecule has 48 valence electrons. The summed E-state index contributed by atoms with van der Waals surface area (Å²) in [5, 5.41) is 0. The van der Waals surface area contributed by atoms with E-state index in [0.717, 1.165) is 17.7 Å². The Kier molecular flexibility index (Phi) is 2.17. The molecule has 0 atom stereocenters. The Bertz CT molecular complexity index is 175. The van der Waals surface area contributed by atoms with E-state index < -0.39 is 0 Å². The number of hydrogen-bond donors (Lipinski definition) is 0. The van der Waals surface area contributed by atoms with Crippen molar-refractivity contribution in [1.82, 2.24) is 0 Å². The summed E-state index contributed by atoms with van der Waals surface area (Å²) in [4.78, 5) is 1.04. The lowest BCUT2D eigenvalue weighted by atomic mass is 10.0. The van der Waals surface area contributed by atoms with E-state index in [1.165, 1.54) is 5.57 Å². The third-order valence-electron chi connectivity index (χ3n) is 1.46. The van der Waals surface area contributed by atoms with Gasteiger partial charge in [0.05, 0.1) is 0 Å². The van der Waals surface area contributed by atoms with Crippen molar-refractivity contribution < 1.29 is 0 Å². The Labute approximate surface area is 61.3 Å². The lowest BCUT2D eigenvalue weighted by molar-refractivity contribution is 1.19. The van der Waals surface area contributed by atoms with Gasteiger partial charge in [-0.15, -0.1) is 0 Å². The average Bonchev–Trinajstić information content (AvgIpc) is 1.90. The first-order chi connectivity index (χ1) is 4.30. The Hall–Kier alpha value is -0.430. The summed E-state index contributed by atoms with van der Waals surface area (Å²) < 4.78 is 0. The molecule has 0 amide bonds. The molecule has 9 heavy (non-hydrogen) atoms. The molecule has 1 rings (SSSR count). The summed E-state index contributed by atoms with van der Waals surface area (Å²) in [6.07, 6.45) is 8.63. The second-order valence-electron chi connectivity index (χ2n) is 2.20. The van der Waals surface area contributed by atoms with Crippen LogP contribution in [0.4, 0.5) is 0 Å². The number of thiocarbonyl (C=S) groups is 1. The SMILES string of the molecule is CC(=S)C1=CCC=CC1. The van der Waals surface area contributed by atoms with E-state index in [1.54, 1.807) is 0 Å². The van der Waals surface area contributed by atoms with Gasteiger partial charge < -0.3 is 0 Å². The predicted molar refractivity (Wildman–Crippen MR) is 44.7 cm³/mol. The summed E-state index contributed by atoms with van der Waals surface area (Å²) in [5.41, 5.74) is 1.33. The molecule has 0 aliphatic heterocycles. The van der Waals surface area contributed by atoms with Crippen LogP contribution in [0.2, 0.25) is 0 Å². The summed E-state index contributed by atoms with van der Waals surface area (Å²) >= 11 is 5.01. The van der Waals surface area contributed by atoms with Gasteiger partial charge >= 0.3 is 0 Å². The molecule has 0 saturated heterocycles. The Balaban J connectivity index is 2.61. The molecule has 0 aromatic heterocycles. The van der Waals surface area contributed by atoms with Crippen LogP contribution >= 0.6 is 12.2 Å². The maximum Gasteiger partial charge on any atom is 0.0153 e. The van der Waals surface area contributed by atoms with E-state index in [0.29, 0.717) is 0 Å². The van der Waals surface area contributed by atoms with Crippen molar-refractivity contribution in [2.45, 2.75) is 19.8 Å². The Morgan fingerprint density at radius 1 is 1.56 bits per heavy atom. The molecule has 0 radical (unpaired) electrons. The van der Waals surface area contributed by atoms with Gasteiger partial charge in [-0.3, -0.25) is 0 Å². The fourth-order valence-corrected chi connectivity index (χ4v) is 1.05. The van der Waals surface area contributed by atoms with Gasteiger partial charge in [0.2, 0.25) is 0 Å². The Morgan fingerprint density at radius 2 is 2.33 bits per heavy atom. The van der Waals surface area contributed by atoms with E-state index in [2.05, 4.69) is 18.2 Å². The van der Waals surface area contributed by atoms with Crippen LogP contribution in [0.15, 0.2) is 23.8 Å². The maximum atomic E-state index is 5.01. The van der Waals surface area contributed by atoms with Gasteiger partial charge in [0.15, 0.2) is 0 Å². The van der Waals surface area contributed by atoms with E-state index in [1.807, 2.05) is 6.92 Å². The third kappa shape index (κ3) is 1.75. The number of hydrogen-bond acceptors (Lipinski definition) is 1. The van der Waals surface area contributed by atoms with Gasteiger partial charge in [0.25, 0.3) is 0 Å². The lowest BCUT2D eigenvalue weighted by Crippen LogP contribution is -1.94. The van der Waals surface area contributed by atoms with Gasteiger partial charge in [-0.25, -0.2) is 0 Å². The summed E-state index contributed by atoms with van der Waals surface area (Å²) in [7, 11) is 0. The zero-order chi connectivity index (χ0) is 6.69. The Morgan fingerprint density at radius 3 is 2.67 bits per heavy atom. The third-order valence-corrected chi connectivity index (χ3v) is 1.72. The van der Waals surface area contributed by atoms with Crippen LogP contribution in [0.1, 0.15) is 19.8 Å². The van der Waals surface area contributed by atoms with Crippen molar-refractivity contribution in [3.8, 4) is 0 Å². The monoisotopic (exact) mass is 138 g/mol. The molecular weight excluding hydrogens is 128 g/mol. The molecule has 0 unspecified atom stereocenters. The van der Waals surface area contributed by atoms with Gasteiger partial charge in [-0.2, -0.15) is 0 Å². The van der Waals surface area contributed by atoms with Crippen molar-refractivity contribution in [2.24, 2.45) is 0 Å². The molecular formula is C8H10S. The van der Waals surface area contributed by atoms with E-state index in [-0.39, 0.29) is 0 Å². The van der Waals surface area contributed by atoms with Crippen LogP contribution in [0, 0.1) is 0 Å². The normalized spacial score (nSPS) is 17.2. The first-order valence-electron chi connectivity index (χ1n) is 3.15. The highest BCUT2D eigenvalue weighted by molar-refractivity contribution is 7.80. The van der Waals surface area contributed by atoms with Crippen LogP contribution < -0.4 is 0 Å². The summed E-state index contributed by atoms with van der Waals surface area (Å²) in [5.74, 6) is 0. The second-order valence-corrected chi connectivity index (χ2v) is 2.81. The number of rotatable bonds is 1. The minimum absolute atomic E-state index is 1.04. The quantitative estimate of drug-likeness (QED) is 0.396. The van der Waals surface area contributed by atoms with Crippen LogP contribution in [0.5, 0.6) is 0 Å². The highest BCUT2D eigenvalue weighted by atomic mass is 32.1. The number of allylic oxidation sites excluding steroid dienone is 4. The first kappa shape index (κ1) is 6.69. The molecule has 1 heteroatoms. The zero-order valence-electron chi connectivity index (χ0n) is 5.55. The molecule has 1 aliphatic carbocycles. The molecule has 0 bridgehead atoms. The topological polar surface area (TPSA) is 0 Å². The fraction of sp³-hybridized carbons (Fsp3) is 0.375. The van der Waals surface area contributed by atoms with Gasteiger partial charge in [0.1, 0.15) is 0 Å². The van der Waals surface area contributed by atoms with E-state index >= 15 is 0 Å². The second kappa shape index (κ2) is 2.92. The summed E-state index contributed by atoms with van der Waals surface area (Å²) in [6, 6.07) is 0. The highest BCUT2D eigenvalue weighted by Gasteiger charge is 1.98. The molecule has 0 aromatic carbocycles. The minimum atomic E-state index is 1.04. The van der Waals surface area contributed by atoms with Crippen LogP contribution in [0.3, 0.4) is 0 Å². The van der Waals surface area contributed by atoms with Crippen molar-refractivity contribution in [3.05, 3.63) is 23.8 Å². The van der Waals surface area contributed by atoms with Crippen LogP contribution in [-0.2, 0) is 0 Å². The zero-order valence-corrected chi connectivity index (χ0v) is 6.37. The van der Waals surface area contributed by atoms with Crippen molar-refractivity contribution in [1.29, 1.82) is 0 Å². The van der Waals surface area contributed by atoms with Crippen molar-refractivity contribution in [2.75, 3.05) is 0 Å². The summed E-state index contributed by atoms with van der Waals surface area (Å²) in [6.45, 7) is 1.99. The van der Waals surface area contributed by atoms with E-state index in [4.69, 9.17) is 12.2 Å². The van der Waals surface area contributed by atoms with Crippen LogP contribution in [-0.4, -0.2) is 4.86 Å². The molecule has 0 saturated carbocycles. The smallest absolute Gasteiger partial charge is 0.0153 e. The predicted octanol–water partition coefficient (Wildman–Crippen LogP) is 2.65. The highest BCUT2D eigenvalue weighted by Crippen LogP contribution is 2.11. The minimum Gasteiger partial charge on any atom is -0.0849 e. The molecule has 0 N–H and O–H groups in total.